The molecule has 2 aromatic rings. The predicted octanol–water partition coefficient (Wildman–Crippen LogP) is 3.87. The first-order valence-electron chi connectivity index (χ1n) is 9.43. The van der Waals surface area contributed by atoms with Crippen LogP contribution in [0.15, 0.2) is 34.9 Å². The Kier molecular flexibility index (Phi) is 7.42. The molecule has 0 saturated heterocycles. The molecular formula is C21H31N3O3. The Labute approximate surface area is 161 Å². The molecule has 0 saturated carbocycles. The number of aromatic nitrogens is 1. The lowest BCUT2D eigenvalue weighted by Crippen LogP contribution is -2.36. The maximum atomic E-state index is 12.1. The highest BCUT2D eigenvalue weighted by Crippen LogP contribution is 2.23. The molecule has 0 unspecified atom stereocenters. The summed E-state index contributed by atoms with van der Waals surface area (Å²) >= 11 is 0. The minimum atomic E-state index is -0.215. The molecule has 0 aliphatic heterocycles. The zero-order valence-corrected chi connectivity index (χ0v) is 17.2. The number of rotatable bonds is 9. The number of nitrogens with zero attached hydrogens (tertiary/aromatic N) is 2. The summed E-state index contributed by atoms with van der Waals surface area (Å²) in [5, 5.41) is 2.83. The molecule has 1 amide bonds. The van der Waals surface area contributed by atoms with Crippen molar-refractivity contribution in [2.45, 2.75) is 59.8 Å². The Morgan fingerprint density at radius 1 is 1.19 bits per heavy atom. The number of para-hydroxylation sites is 1. The topological polar surface area (TPSA) is 67.6 Å². The van der Waals surface area contributed by atoms with Crippen molar-refractivity contribution in [2.75, 3.05) is 7.11 Å². The SMILES string of the molecule is COc1ccccc1CN(Cc1nc(C(=O)NC(C)C)co1)[C@@H](C)C(C)C. The lowest BCUT2D eigenvalue weighted by Gasteiger charge is -2.31. The summed E-state index contributed by atoms with van der Waals surface area (Å²) in [6.45, 7) is 11.6. The number of benzene rings is 1. The quantitative estimate of drug-likeness (QED) is 0.723. The first kappa shape index (κ1) is 21.0. The van der Waals surface area contributed by atoms with Gasteiger partial charge in [-0.3, -0.25) is 9.69 Å². The highest BCUT2D eigenvalue weighted by atomic mass is 16.5. The Morgan fingerprint density at radius 2 is 1.89 bits per heavy atom. The molecule has 1 aromatic heterocycles. The Hall–Kier alpha value is -2.34. The van der Waals surface area contributed by atoms with Gasteiger partial charge in [-0.1, -0.05) is 32.0 Å². The van der Waals surface area contributed by atoms with E-state index in [1.807, 2.05) is 32.0 Å². The normalized spacial score (nSPS) is 12.6. The van der Waals surface area contributed by atoms with E-state index in [2.05, 4.69) is 42.0 Å². The van der Waals surface area contributed by atoms with Crippen molar-refractivity contribution in [3.05, 3.63) is 47.7 Å². The van der Waals surface area contributed by atoms with Gasteiger partial charge in [-0.2, -0.15) is 0 Å². The molecule has 0 aliphatic carbocycles. The molecule has 2 rings (SSSR count). The molecule has 0 fully saturated rings. The molecule has 1 heterocycles. The van der Waals surface area contributed by atoms with Crippen molar-refractivity contribution in [3.63, 3.8) is 0 Å². The minimum Gasteiger partial charge on any atom is -0.496 e. The lowest BCUT2D eigenvalue weighted by molar-refractivity contribution is 0.0938. The highest BCUT2D eigenvalue weighted by Gasteiger charge is 2.22. The molecule has 1 aromatic carbocycles. The third-order valence-electron chi connectivity index (χ3n) is 4.65. The van der Waals surface area contributed by atoms with Gasteiger partial charge in [0.25, 0.3) is 5.91 Å². The molecule has 0 radical (unpaired) electrons. The van der Waals surface area contributed by atoms with Crippen molar-refractivity contribution in [1.29, 1.82) is 0 Å². The summed E-state index contributed by atoms with van der Waals surface area (Å²) < 4.78 is 11.1. The van der Waals surface area contributed by atoms with Gasteiger partial charge in [0.2, 0.25) is 5.89 Å². The van der Waals surface area contributed by atoms with Crippen molar-refractivity contribution < 1.29 is 13.9 Å². The number of ether oxygens (including phenoxy) is 1. The first-order chi connectivity index (χ1) is 12.8. The van der Waals surface area contributed by atoms with Crippen molar-refractivity contribution in [2.24, 2.45) is 5.92 Å². The van der Waals surface area contributed by atoms with E-state index in [-0.39, 0.29) is 11.9 Å². The van der Waals surface area contributed by atoms with E-state index in [0.29, 0.717) is 36.6 Å². The Bertz CT molecular complexity index is 740. The number of carbonyl (C=O) groups excluding carboxylic acids is 1. The number of methoxy groups -OCH3 is 1. The van der Waals surface area contributed by atoms with E-state index in [1.54, 1.807) is 7.11 Å². The van der Waals surface area contributed by atoms with Crippen LogP contribution in [0, 0.1) is 5.92 Å². The molecule has 0 aliphatic rings. The molecule has 0 spiro atoms. The zero-order valence-electron chi connectivity index (χ0n) is 17.2. The first-order valence-corrected chi connectivity index (χ1v) is 9.43. The third kappa shape index (κ3) is 5.82. The number of hydrogen-bond donors (Lipinski definition) is 1. The molecule has 6 nitrogen and oxygen atoms in total. The van der Waals surface area contributed by atoms with Crippen LogP contribution in [0.25, 0.3) is 0 Å². The van der Waals surface area contributed by atoms with E-state index in [0.717, 1.165) is 11.3 Å². The number of carbonyl (C=O) groups is 1. The van der Waals surface area contributed by atoms with Gasteiger partial charge >= 0.3 is 0 Å². The van der Waals surface area contributed by atoms with Crippen LogP contribution in [0.3, 0.4) is 0 Å². The summed E-state index contributed by atoms with van der Waals surface area (Å²) in [4.78, 5) is 18.8. The number of nitrogens with one attached hydrogen (secondary N) is 1. The smallest absolute Gasteiger partial charge is 0.273 e. The molecule has 1 atom stereocenters. The average molecular weight is 373 g/mol. The van der Waals surface area contributed by atoms with Gasteiger partial charge in [0.05, 0.1) is 13.7 Å². The fourth-order valence-corrected chi connectivity index (χ4v) is 2.82. The predicted molar refractivity (Wildman–Crippen MR) is 106 cm³/mol. The lowest BCUT2D eigenvalue weighted by atomic mass is 10.0. The Balaban J connectivity index is 2.18. The number of hydrogen-bond acceptors (Lipinski definition) is 5. The average Bonchev–Trinajstić information content (AvgIpc) is 3.09. The summed E-state index contributed by atoms with van der Waals surface area (Å²) in [7, 11) is 1.68. The van der Waals surface area contributed by atoms with Crippen molar-refractivity contribution in [1.82, 2.24) is 15.2 Å². The molecule has 1 N–H and O–H groups in total. The standard InChI is InChI=1S/C21H31N3O3/c1-14(2)16(5)24(11-17-9-7-8-10-19(17)26-6)12-20-23-18(13-27-20)21(25)22-15(3)4/h7-10,13-16H,11-12H2,1-6H3,(H,22,25)/t16-/m0/s1. The summed E-state index contributed by atoms with van der Waals surface area (Å²) in [5.41, 5.74) is 1.42. The van der Waals surface area contributed by atoms with Gasteiger partial charge in [-0.15, -0.1) is 0 Å². The third-order valence-corrected chi connectivity index (χ3v) is 4.65. The van der Waals surface area contributed by atoms with Crippen LogP contribution in [0.5, 0.6) is 5.75 Å². The van der Waals surface area contributed by atoms with Crippen LogP contribution in [0.4, 0.5) is 0 Å². The highest BCUT2D eigenvalue weighted by molar-refractivity contribution is 5.92. The summed E-state index contributed by atoms with van der Waals surface area (Å²) in [6.07, 6.45) is 1.42. The van der Waals surface area contributed by atoms with Gasteiger partial charge in [0.1, 0.15) is 12.0 Å². The monoisotopic (exact) mass is 373 g/mol. The minimum absolute atomic E-state index is 0.0562. The van der Waals surface area contributed by atoms with Crippen LogP contribution in [0.1, 0.15) is 56.6 Å². The van der Waals surface area contributed by atoms with Gasteiger partial charge in [0, 0.05) is 24.2 Å². The fourth-order valence-electron chi connectivity index (χ4n) is 2.82. The summed E-state index contributed by atoms with van der Waals surface area (Å²) in [6, 6.07) is 8.36. The molecule has 148 valence electrons. The Morgan fingerprint density at radius 3 is 2.52 bits per heavy atom. The fraction of sp³-hybridized carbons (Fsp3) is 0.524. The maximum Gasteiger partial charge on any atom is 0.273 e. The van der Waals surface area contributed by atoms with E-state index >= 15 is 0 Å². The maximum absolute atomic E-state index is 12.1. The van der Waals surface area contributed by atoms with Gasteiger partial charge < -0.3 is 14.5 Å². The molecule has 27 heavy (non-hydrogen) atoms. The van der Waals surface area contributed by atoms with Crippen LogP contribution in [0.2, 0.25) is 0 Å². The van der Waals surface area contributed by atoms with Gasteiger partial charge in [-0.05, 0) is 32.8 Å². The van der Waals surface area contributed by atoms with Crippen LogP contribution < -0.4 is 10.1 Å². The molecule has 0 bridgehead atoms. The van der Waals surface area contributed by atoms with Crippen LogP contribution >= 0.6 is 0 Å². The van der Waals surface area contributed by atoms with E-state index in [1.165, 1.54) is 6.26 Å². The van der Waals surface area contributed by atoms with E-state index < -0.39 is 0 Å². The van der Waals surface area contributed by atoms with E-state index in [9.17, 15) is 4.79 Å². The molecular weight excluding hydrogens is 342 g/mol. The molecule has 6 heteroatoms. The van der Waals surface area contributed by atoms with Crippen LogP contribution in [-0.2, 0) is 13.1 Å². The van der Waals surface area contributed by atoms with Crippen molar-refractivity contribution >= 4 is 5.91 Å². The van der Waals surface area contributed by atoms with Crippen LogP contribution in [-0.4, -0.2) is 35.0 Å². The second-order valence-corrected chi connectivity index (χ2v) is 7.46. The second-order valence-electron chi connectivity index (χ2n) is 7.46. The second kappa shape index (κ2) is 9.55. The van der Waals surface area contributed by atoms with Gasteiger partial charge in [-0.25, -0.2) is 4.98 Å². The largest absolute Gasteiger partial charge is 0.496 e. The zero-order chi connectivity index (χ0) is 20.0. The number of amides is 1. The van der Waals surface area contributed by atoms with E-state index in [4.69, 9.17) is 9.15 Å². The van der Waals surface area contributed by atoms with Gasteiger partial charge in [0.15, 0.2) is 5.69 Å². The van der Waals surface area contributed by atoms with Crippen molar-refractivity contribution in [3.8, 4) is 5.75 Å². The summed E-state index contributed by atoms with van der Waals surface area (Å²) in [5.74, 6) is 1.64. The number of oxazole rings is 1.